The Hall–Kier alpha value is -2.94. The van der Waals surface area contributed by atoms with Gasteiger partial charge in [0.2, 0.25) is 0 Å². The summed E-state index contributed by atoms with van der Waals surface area (Å²) in [5.41, 5.74) is 6.49. The summed E-state index contributed by atoms with van der Waals surface area (Å²) in [6.07, 6.45) is 1.62. The van der Waals surface area contributed by atoms with Gasteiger partial charge in [-0.25, -0.2) is 4.99 Å². The van der Waals surface area contributed by atoms with Crippen LogP contribution in [0.1, 0.15) is 56.2 Å². The molecule has 2 aromatic rings. The van der Waals surface area contributed by atoms with E-state index in [2.05, 4.69) is 4.98 Å². The summed E-state index contributed by atoms with van der Waals surface area (Å²) in [6, 6.07) is 6.46. The average Bonchev–Trinajstić information content (AvgIpc) is 3.24. The molecule has 1 aromatic heterocycles. The summed E-state index contributed by atoms with van der Waals surface area (Å²) in [4.78, 5) is 24.4. The number of aliphatic imine (C=N–C) groups is 1. The van der Waals surface area contributed by atoms with E-state index in [0.29, 0.717) is 17.5 Å². The topological polar surface area (TPSA) is 80.8 Å². The molecule has 1 amide bonds. The van der Waals surface area contributed by atoms with Crippen LogP contribution >= 0.6 is 0 Å². The molecule has 6 nitrogen and oxygen atoms in total. The average molecular weight is 487 g/mol. The number of hydrogen-bond acceptors (Lipinski definition) is 5. The fourth-order valence-electron chi connectivity index (χ4n) is 6.27. The first-order chi connectivity index (χ1) is 16.5. The molecule has 1 aliphatic heterocycles. The summed E-state index contributed by atoms with van der Waals surface area (Å²) in [5, 5.41) is 0. The first-order valence-electron chi connectivity index (χ1n) is 11.9. The number of ether oxygens (including phenoxy) is 1. The van der Waals surface area contributed by atoms with Crippen LogP contribution in [0.3, 0.4) is 0 Å². The van der Waals surface area contributed by atoms with E-state index in [1.54, 1.807) is 18.1 Å². The normalized spacial score (nSPS) is 28.3. The van der Waals surface area contributed by atoms with Gasteiger partial charge in [0.1, 0.15) is 0 Å². The van der Waals surface area contributed by atoms with Crippen LogP contribution in [0.2, 0.25) is 0 Å². The van der Waals surface area contributed by atoms with Gasteiger partial charge in [0.15, 0.2) is 11.5 Å². The van der Waals surface area contributed by atoms with Crippen LogP contribution in [0.5, 0.6) is 0 Å². The van der Waals surface area contributed by atoms with Crippen molar-refractivity contribution in [2.75, 3.05) is 7.11 Å². The second-order valence-corrected chi connectivity index (χ2v) is 10.2. The molecule has 2 aliphatic carbocycles. The van der Waals surface area contributed by atoms with Gasteiger partial charge < -0.3 is 10.5 Å². The van der Waals surface area contributed by atoms with Crippen molar-refractivity contribution in [3.05, 3.63) is 53.3 Å². The highest BCUT2D eigenvalue weighted by Crippen LogP contribution is 2.62. The first-order valence-corrected chi connectivity index (χ1v) is 11.9. The van der Waals surface area contributed by atoms with Crippen molar-refractivity contribution < 1.29 is 22.7 Å². The molecule has 2 spiro atoms. The van der Waals surface area contributed by atoms with Gasteiger partial charge in [-0.3, -0.25) is 14.7 Å². The quantitative estimate of drug-likeness (QED) is 0.684. The number of benzene rings is 1. The molecule has 1 aromatic carbocycles. The van der Waals surface area contributed by atoms with E-state index in [0.717, 1.165) is 49.1 Å². The van der Waals surface area contributed by atoms with Crippen LogP contribution in [0.15, 0.2) is 41.7 Å². The van der Waals surface area contributed by atoms with Crippen LogP contribution < -0.4 is 5.73 Å². The summed E-state index contributed by atoms with van der Waals surface area (Å²) < 4.78 is 45.6. The number of fused-ring (bicyclic) bond motifs is 3. The van der Waals surface area contributed by atoms with Crippen molar-refractivity contribution in [3.63, 3.8) is 0 Å². The van der Waals surface area contributed by atoms with Gasteiger partial charge in [0.05, 0.1) is 11.7 Å². The SMILES string of the molecule is COC1CCC2(CC1)Cc1ccc(-c3cncc(C(F)(F)F)c3)cc1C21N=C(N)N(C(C)C)C1=O. The predicted octanol–water partition coefficient (Wildman–Crippen LogP) is 4.66. The van der Waals surface area contributed by atoms with Crippen LogP contribution in [-0.2, 0) is 27.7 Å². The second kappa shape index (κ2) is 8.05. The number of rotatable bonds is 3. The number of nitrogens with zero attached hydrogens (tertiary/aromatic N) is 3. The Balaban J connectivity index is 1.66. The molecule has 186 valence electrons. The van der Waals surface area contributed by atoms with Gasteiger partial charge in [-0.15, -0.1) is 0 Å². The lowest BCUT2D eigenvalue weighted by atomic mass is 9.61. The maximum Gasteiger partial charge on any atom is 0.417 e. The van der Waals surface area contributed by atoms with Gasteiger partial charge in [-0.1, -0.05) is 12.1 Å². The van der Waals surface area contributed by atoms with Crippen molar-refractivity contribution >= 4 is 11.9 Å². The zero-order valence-corrected chi connectivity index (χ0v) is 20.0. The molecular formula is C26H29F3N4O2. The van der Waals surface area contributed by atoms with Crippen LogP contribution in [0.25, 0.3) is 11.1 Å². The molecule has 1 saturated carbocycles. The fraction of sp³-hybridized carbons (Fsp3) is 0.500. The molecule has 0 bridgehead atoms. The molecule has 1 fully saturated rings. The second-order valence-electron chi connectivity index (χ2n) is 10.2. The lowest BCUT2D eigenvalue weighted by Gasteiger charge is -2.45. The predicted molar refractivity (Wildman–Crippen MR) is 125 cm³/mol. The molecule has 2 heterocycles. The first kappa shape index (κ1) is 23.8. The minimum atomic E-state index is -4.50. The van der Waals surface area contributed by atoms with Gasteiger partial charge in [-0.05, 0) is 74.8 Å². The van der Waals surface area contributed by atoms with Crippen molar-refractivity contribution in [1.29, 1.82) is 0 Å². The van der Waals surface area contributed by atoms with Crippen molar-refractivity contribution in [2.24, 2.45) is 16.1 Å². The van der Waals surface area contributed by atoms with E-state index in [1.807, 2.05) is 26.0 Å². The molecular weight excluding hydrogens is 457 g/mol. The Morgan fingerprint density at radius 1 is 1.14 bits per heavy atom. The highest BCUT2D eigenvalue weighted by atomic mass is 19.4. The lowest BCUT2D eigenvalue weighted by Crippen LogP contribution is -2.53. The monoisotopic (exact) mass is 486 g/mol. The van der Waals surface area contributed by atoms with Gasteiger partial charge in [0, 0.05) is 36.5 Å². The van der Waals surface area contributed by atoms with Crippen molar-refractivity contribution in [3.8, 4) is 11.1 Å². The van der Waals surface area contributed by atoms with Crippen LogP contribution in [-0.4, -0.2) is 41.0 Å². The standard InChI is InChI=1S/C26H29F3N4O2/c1-15(2)33-22(34)25(32-23(33)30)21-11-16(18-10-19(14-31-13-18)26(27,28)29)4-5-17(21)12-24(25)8-6-20(35-3)7-9-24/h4-5,10-11,13-15,20H,6-9,12H2,1-3H3,(H2,30,32). The van der Waals surface area contributed by atoms with E-state index >= 15 is 0 Å². The third kappa shape index (κ3) is 3.46. The number of hydrogen-bond donors (Lipinski definition) is 1. The molecule has 0 radical (unpaired) electrons. The third-order valence-corrected chi connectivity index (χ3v) is 7.99. The molecule has 1 atom stereocenters. The molecule has 9 heteroatoms. The minimum absolute atomic E-state index is 0.132. The molecule has 5 rings (SSSR count). The smallest absolute Gasteiger partial charge is 0.381 e. The Bertz CT molecular complexity index is 1200. The number of halogens is 3. The third-order valence-electron chi connectivity index (χ3n) is 7.99. The molecule has 2 N–H and O–H groups in total. The number of guanidine groups is 1. The number of nitrogens with two attached hydrogens (primary N) is 1. The molecule has 0 saturated heterocycles. The van der Waals surface area contributed by atoms with E-state index in [4.69, 9.17) is 15.5 Å². The maximum atomic E-state index is 14.1. The molecule has 1 unspecified atom stereocenters. The minimum Gasteiger partial charge on any atom is -0.381 e. The largest absolute Gasteiger partial charge is 0.417 e. The van der Waals surface area contributed by atoms with Crippen molar-refractivity contribution in [1.82, 2.24) is 9.88 Å². The number of methoxy groups -OCH3 is 1. The number of carbonyl (C=O) groups excluding carboxylic acids is 1. The number of alkyl halides is 3. The summed E-state index contributed by atoms with van der Waals surface area (Å²) >= 11 is 0. The van der Waals surface area contributed by atoms with Gasteiger partial charge in [-0.2, -0.15) is 13.2 Å². The van der Waals surface area contributed by atoms with Crippen LogP contribution in [0, 0.1) is 5.41 Å². The molecule has 35 heavy (non-hydrogen) atoms. The van der Waals surface area contributed by atoms with Crippen LogP contribution in [0.4, 0.5) is 13.2 Å². The number of carbonyl (C=O) groups is 1. The number of aromatic nitrogens is 1. The van der Waals surface area contributed by atoms with E-state index in [-0.39, 0.29) is 24.0 Å². The Labute approximate surface area is 202 Å². The van der Waals surface area contributed by atoms with E-state index in [9.17, 15) is 18.0 Å². The Morgan fingerprint density at radius 3 is 2.46 bits per heavy atom. The van der Waals surface area contributed by atoms with Gasteiger partial charge in [0.25, 0.3) is 5.91 Å². The summed E-state index contributed by atoms with van der Waals surface area (Å²) in [7, 11) is 1.70. The van der Waals surface area contributed by atoms with Crippen molar-refractivity contribution in [2.45, 2.75) is 69.8 Å². The molecule has 3 aliphatic rings. The maximum absolute atomic E-state index is 14.1. The fourth-order valence-corrected chi connectivity index (χ4v) is 6.27. The number of amides is 1. The zero-order valence-electron chi connectivity index (χ0n) is 20.0. The highest BCUT2D eigenvalue weighted by Gasteiger charge is 2.66. The zero-order chi connectivity index (χ0) is 25.2. The lowest BCUT2D eigenvalue weighted by molar-refractivity contribution is -0.139. The van der Waals surface area contributed by atoms with Gasteiger partial charge >= 0.3 is 6.18 Å². The van der Waals surface area contributed by atoms with E-state index in [1.165, 1.54) is 6.20 Å². The highest BCUT2D eigenvalue weighted by molar-refractivity contribution is 6.08. The Morgan fingerprint density at radius 2 is 1.86 bits per heavy atom. The van der Waals surface area contributed by atoms with E-state index < -0.39 is 22.7 Å². The Kier molecular flexibility index (Phi) is 5.47. The summed E-state index contributed by atoms with van der Waals surface area (Å²) in [5.74, 6) is 0.0381. The number of pyridine rings is 1. The summed E-state index contributed by atoms with van der Waals surface area (Å²) in [6.45, 7) is 3.79.